The smallest absolute Gasteiger partial charge is 0.268 e. The lowest BCUT2D eigenvalue weighted by atomic mass is 9.91. The second-order valence-electron chi connectivity index (χ2n) is 9.19. The molecule has 1 fully saturated rings. The number of rotatable bonds is 9. The molecule has 1 saturated heterocycles. The molecule has 37 heavy (non-hydrogen) atoms. The zero-order valence-corrected chi connectivity index (χ0v) is 22.0. The van der Waals surface area contributed by atoms with Gasteiger partial charge in [-0.2, -0.15) is 0 Å². The topological polar surface area (TPSA) is 128 Å². The molecule has 4 rings (SSSR count). The van der Waals surface area contributed by atoms with Crippen LogP contribution in [0.1, 0.15) is 56.5 Å². The predicted molar refractivity (Wildman–Crippen MR) is 138 cm³/mol. The molecular weight excluding hydrogens is 494 g/mol. The number of nitrogens with zero attached hydrogens (tertiary/aromatic N) is 5. The van der Waals surface area contributed by atoms with E-state index < -0.39 is 12.0 Å². The van der Waals surface area contributed by atoms with E-state index in [4.69, 9.17) is 9.26 Å². The Kier molecular flexibility index (Phi) is 8.22. The van der Waals surface area contributed by atoms with Crippen molar-refractivity contribution in [3.05, 3.63) is 46.9 Å². The van der Waals surface area contributed by atoms with E-state index in [0.29, 0.717) is 37.1 Å². The number of amides is 2. The van der Waals surface area contributed by atoms with Crippen molar-refractivity contribution in [2.75, 3.05) is 13.2 Å². The number of pyridine rings is 1. The number of aliphatic imine (C=N–C) groups is 1. The van der Waals surface area contributed by atoms with E-state index in [-0.39, 0.29) is 30.2 Å². The summed E-state index contributed by atoms with van der Waals surface area (Å²) in [5.41, 5.74) is 4.80. The maximum Gasteiger partial charge on any atom is 0.268 e. The van der Waals surface area contributed by atoms with Crippen molar-refractivity contribution in [2.45, 2.75) is 52.5 Å². The summed E-state index contributed by atoms with van der Waals surface area (Å²) in [6, 6.07) is 4.65. The van der Waals surface area contributed by atoms with Gasteiger partial charge in [0.05, 0.1) is 21.8 Å². The minimum atomic E-state index is -0.649. The van der Waals surface area contributed by atoms with Gasteiger partial charge in [0.25, 0.3) is 11.8 Å². The van der Waals surface area contributed by atoms with Crippen LogP contribution in [0, 0.1) is 12.8 Å². The van der Waals surface area contributed by atoms with Gasteiger partial charge in [-0.3, -0.25) is 19.4 Å². The largest absolute Gasteiger partial charge is 0.468 e. The minimum Gasteiger partial charge on any atom is -0.468 e. The van der Waals surface area contributed by atoms with Gasteiger partial charge in [0.2, 0.25) is 5.91 Å². The molecule has 10 nitrogen and oxygen atoms in total. The molecule has 1 aliphatic rings. The first kappa shape index (κ1) is 26.3. The first-order valence-electron chi connectivity index (χ1n) is 12.1. The van der Waals surface area contributed by atoms with Gasteiger partial charge < -0.3 is 14.2 Å². The Hall–Kier alpha value is -3.73. The van der Waals surface area contributed by atoms with Crippen LogP contribution in [0.3, 0.4) is 0 Å². The molecule has 11 heteroatoms. The Bertz CT molecular complexity index is 1300. The van der Waals surface area contributed by atoms with Crippen LogP contribution in [0.2, 0.25) is 0 Å². The maximum absolute atomic E-state index is 13.6. The molecule has 0 bridgehead atoms. The highest BCUT2D eigenvalue weighted by Crippen LogP contribution is 2.32. The third-order valence-corrected chi connectivity index (χ3v) is 7.25. The second kappa shape index (κ2) is 11.5. The Morgan fingerprint density at radius 3 is 2.78 bits per heavy atom. The average Bonchev–Trinajstić information content (AvgIpc) is 3.64. The molecule has 2 atom stereocenters. The fraction of sp³-hybridized carbons (Fsp3) is 0.423. The second-order valence-corrected chi connectivity index (χ2v) is 10.0. The quantitative estimate of drug-likeness (QED) is 0.306. The van der Waals surface area contributed by atoms with E-state index in [0.717, 1.165) is 21.8 Å². The van der Waals surface area contributed by atoms with Crippen LogP contribution < -0.4 is 4.74 Å². The number of hydrogen-bond donors (Lipinski definition) is 0. The number of carbonyl (C=O) groups is 3. The normalized spacial score (nSPS) is 16.7. The summed E-state index contributed by atoms with van der Waals surface area (Å²) in [5.74, 6) is -0.872. The molecule has 0 aliphatic carbocycles. The summed E-state index contributed by atoms with van der Waals surface area (Å²) in [6.45, 7) is 7.80. The molecule has 0 radical (unpaired) electrons. The summed E-state index contributed by atoms with van der Waals surface area (Å²) < 4.78 is 10.5. The Morgan fingerprint density at radius 1 is 1.32 bits per heavy atom. The highest BCUT2D eigenvalue weighted by atomic mass is 32.1. The van der Waals surface area contributed by atoms with E-state index in [1.807, 2.05) is 32.9 Å². The lowest BCUT2D eigenvalue weighted by Gasteiger charge is -2.28. The number of thiazole rings is 1. The molecule has 0 saturated carbocycles. The van der Waals surface area contributed by atoms with Gasteiger partial charge in [0.15, 0.2) is 12.0 Å². The van der Waals surface area contributed by atoms with E-state index in [2.05, 4.69) is 20.1 Å². The number of aromatic nitrogens is 3. The molecule has 1 aliphatic heterocycles. The number of aryl methyl sites for hydroxylation is 1. The van der Waals surface area contributed by atoms with Crippen LogP contribution in [0.5, 0.6) is 5.88 Å². The Morgan fingerprint density at radius 2 is 2.14 bits per heavy atom. The fourth-order valence-electron chi connectivity index (χ4n) is 4.40. The highest BCUT2D eigenvalue weighted by Gasteiger charge is 2.40. The lowest BCUT2D eigenvalue weighted by molar-refractivity contribution is -0.139. The molecule has 3 aromatic heterocycles. The van der Waals surface area contributed by atoms with Crippen LogP contribution in [0.15, 0.2) is 39.4 Å². The Labute approximate surface area is 218 Å². The van der Waals surface area contributed by atoms with Gasteiger partial charge >= 0.3 is 0 Å². The molecule has 0 N–H and O–H groups in total. The van der Waals surface area contributed by atoms with Crippen LogP contribution in [-0.4, -0.2) is 63.0 Å². The molecule has 3 aromatic rings. The molecular formula is C26H29N5O5S. The third kappa shape index (κ3) is 5.82. The highest BCUT2D eigenvalue weighted by molar-refractivity contribution is 7.13. The number of hydrogen-bond acceptors (Lipinski definition) is 9. The van der Waals surface area contributed by atoms with E-state index in [1.54, 1.807) is 23.5 Å². The number of likely N-dealkylation sites (tertiary alicyclic amines) is 1. The third-order valence-electron chi connectivity index (χ3n) is 6.30. The van der Waals surface area contributed by atoms with Crippen LogP contribution in [0.4, 0.5) is 0 Å². The van der Waals surface area contributed by atoms with Gasteiger partial charge in [-0.1, -0.05) is 13.8 Å². The maximum atomic E-state index is 13.6. The molecule has 194 valence electrons. The molecule has 0 aromatic carbocycles. The van der Waals surface area contributed by atoms with Crippen LogP contribution in [-0.2, 0) is 14.4 Å². The van der Waals surface area contributed by atoms with Crippen molar-refractivity contribution in [1.82, 2.24) is 20.0 Å². The van der Waals surface area contributed by atoms with Crippen molar-refractivity contribution in [1.29, 1.82) is 0 Å². The predicted octanol–water partition coefficient (Wildman–Crippen LogP) is 3.85. The zero-order valence-electron chi connectivity index (χ0n) is 21.2. The summed E-state index contributed by atoms with van der Waals surface area (Å²) in [5, 5.41) is 3.80. The van der Waals surface area contributed by atoms with Gasteiger partial charge in [-0.05, 0) is 49.9 Å². The lowest BCUT2D eigenvalue weighted by Crippen LogP contribution is -2.43. The molecule has 0 spiro atoms. The van der Waals surface area contributed by atoms with Crippen molar-refractivity contribution in [2.24, 2.45) is 10.9 Å². The average molecular weight is 524 g/mol. The first-order valence-corrected chi connectivity index (χ1v) is 13.0. The van der Waals surface area contributed by atoms with Crippen molar-refractivity contribution in [3.63, 3.8) is 0 Å². The summed E-state index contributed by atoms with van der Waals surface area (Å²) in [4.78, 5) is 53.0. The van der Waals surface area contributed by atoms with E-state index in [1.165, 1.54) is 17.4 Å². The minimum absolute atomic E-state index is 0.118. The number of aldehydes is 1. The zero-order chi connectivity index (χ0) is 26.5. The first-order chi connectivity index (χ1) is 17.8. The number of ether oxygens (including phenoxy) is 1. The molecule has 4 heterocycles. The van der Waals surface area contributed by atoms with E-state index in [9.17, 15) is 14.4 Å². The standard InChI is InChI=1S/C26H29N5O5S/c1-15(2)23(21-12-22(30-36-21)35-11-10-32)26(34)31-9-5-6-20(31)25(33)29-16(3)18-7-8-19(27-13-18)24-17(4)28-14-37-24/h7-8,10,12-15,20,23H,5-6,9,11H2,1-4H3. The SMILES string of the molecule is CC(=NC(=O)C1CCCN1C(=O)C(c1cc(OCC=O)no1)C(C)C)c1ccc(-c2scnc2C)nc1. The summed E-state index contributed by atoms with van der Waals surface area (Å²) in [6.07, 6.45) is 3.55. The summed E-state index contributed by atoms with van der Waals surface area (Å²) >= 11 is 1.53. The fourth-order valence-corrected chi connectivity index (χ4v) is 5.18. The van der Waals surface area contributed by atoms with Crippen molar-refractivity contribution >= 4 is 35.1 Å². The van der Waals surface area contributed by atoms with Crippen molar-refractivity contribution < 1.29 is 23.6 Å². The van der Waals surface area contributed by atoms with Gasteiger partial charge in [-0.25, -0.2) is 9.98 Å². The van der Waals surface area contributed by atoms with Crippen LogP contribution in [0.25, 0.3) is 10.6 Å². The molecule has 2 unspecified atom stereocenters. The molecule has 2 amide bonds. The van der Waals surface area contributed by atoms with E-state index >= 15 is 0 Å². The van der Waals surface area contributed by atoms with Crippen molar-refractivity contribution in [3.8, 4) is 16.5 Å². The summed E-state index contributed by atoms with van der Waals surface area (Å²) in [7, 11) is 0. The Balaban J connectivity index is 1.49. The van der Waals surface area contributed by atoms with Gasteiger partial charge in [0.1, 0.15) is 18.6 Å². The number of carbonyl (C=O) groups excluding carboxylic acids is 3. The monoisotopic (exact) mass is 523 g/mol. The van der Waals surface area contributed by atoms with Gasteiger partial charge in [0, 0.05) is 30.1 Å². The van der Waals surface area contributed by atoms with Crippen LogP contribution >= 0.6 is 11.3 Å². The van der Waals surface area contributed by atoms with Gasteiger partial charge in [-0.15, -0.1) is 11.3 Å².